The van der Waals surface area contributed by atoms with Gasteiger partial charge in [-0.25, -0.2) is 0 Å². The highest BCUT2D eigenvalue weighted by atomic mass is 79.9. The number of halogens is 1. The lowest BCUT2D eigenvalue weighted by Crippen LogP contribution is -1.95. The van der Waals surface area contributed by atoms with Crippen molar-refractivity contribution >= 4 is 38.2 Å². The molecular weight excluding hydrogens is 216 g/mol. The molecule has 0 atom stereocenters. The summed E-state index contributed by atoms with van der Waals surface area (Å²) in [5.41, 5.74) is 5.94. The van der Waals surface area contributed by atoms with Crippen LogP contribution in [0.25, 0.3) is 0 Å². The van der Waals surface area contributed by atoms with Gasteiger partial charge in [0.1, 0.15) is 9.60 Å². The second kappa shape index (κ2) is 2.67. The first kappa shape index (κ1) is 7.68. The molecule has 0 unspecified atom stereocenters. The van der Waals surface area contributed by atoms with Gasteiger partial charge < -0.3 is 5.73 Å². The molecule has 2 N–H and O–H groups in total. The molecule has 0 bridgehead atoms. The van der Waals surface area contributed by atoms with E-state index in [1.807, 2.05) is 0 Å². The fourth-order valence-electron chi connectivity index (χ4n) is 0.601. The van der Waals surface area contributed by atoms with Crippen molar-refractivity contribution < 1.29 is 4.79 Å². The zero-order valence-electron chi connectivity index (χ0n) is 5.22. The van der Waals surface area contributed by atoms with Gasteiger partial charge in [-0.1, -0.05) is 0 Å². The smallest absolute Gasteiger partial charge is 0.165 e. The van der Waals surface area contributed by atoms with E-state index in [0.717, 1.165) is 11.5 Å². The molecule has 0 amide bonds. The van der Waals surface area contributed by atoms with E-state index >= 15 is 0 Å². The summed E-state index contributed by atoms with van der Waals surface area (Å²) in [5, 5.41) is 0.472. The molecule has 0 saturated carbocycles. The van der Waals surface area contributed by atoms with Crippen molar-refractivity contribution in [3.05, 3.63) is 10.2 Å². The number of nitrogens with zero attached hydrogens (tertiary/aromatic N) is 1. The summed E-state index contributed by atoms with van der Waals surface area (Å²) in [6.07, 6.45) is 0. The summed E-state index contributed by atoms with van der Waals surface area (Å²) in [6.45, 7) is 1.46. The number of aromatic nitrogens is 1. The number of nitrogens with two attached hydrogens (primary N) is 1. The van der Waals surface area contributed by atoms with Gasteiger partial charge in [0.15, 0.2) is 5.78 Å². The summed E-state index contributed by atoms with van der Waals surface area (Å²) in [4.78, 5) is 10.8. The van der Waals surface area contributed by atoms with Crippen LogP contribution in [0.3, 0.4) is 0 Å². The largest absolute Gasteiger partial charge is 0.389 e. The summed E-state index contributed by atoms with van der Waals surface area (Å²) in [7, 11) is 0. The summed E-state index contributed by atoms with van der Waals surface area (Å²) < 4.78 is 4.39. The van der Waals surface area contributed by atoms with E-state index in [1.54, 1.807) is 0 Å². The molecule has 0 aliphatic heterocycles. The molecule has 1 heterocycles. The molecule has 0 spiro atoms. The predicted molar refractivity (Wildman–Crippen MR) is 44.2 cm³/mol. The van der Waals surface area contributed by atoms with Crippen LogP contribution in [-0.2, 0) is 0 Å². The van der Waals surface area contributed by atoms with Crippen molar-refractivity contribution in [3.8, 4) is 0 Å². The van der Waals surface area contributed by atoms with Gasteiger partial charge in [0, 0.05) is 0 Å². The Kier molecular flexibility index (Phi) is 2.05. The topological polar surface area (TPSA) is 56.0 Å². The number of carbonyl (C=O) groups is 1. The van der Waals surface area contributed by atoms with E-state index in [4.69, 9.17) is 5.73 Å². The molecule has 3 nitrogen and oxygen atoms in total. The minimum absolute atomic E-state index is 0.0573. The number of rotatable bonds is 1. The van der Waals surface area contributed by atoms with Crippen molar-refractivity contribution in [1.82, 2.24) is 4.37 Å². The normalized spacial score (nSPS) is 9.80. The van der Waals surface area contributed by atoms with Gasteiger partial charge in [0.2, 0.25) is 0 Å². The zero-order valence-corrected chi connectivity index (χ0v) is 7.62. The average Bonchev–Trinajstić information content (AvgIpc) is 2.11. The van der Waals surface area contributed by atoms with Gasteiger partial charge in [-0.15, -0.1) is 0 Å². The quantitative estimate of drug-likeness (QED) is 0.734. The van der Waals surface area contributed by atoms with Crippen LogP contribution in [0.4, 0.5) is 5.00 Å². The lowest BCUT2D eigenvalue weighted by atomic mass is 10.2. The van der Waals surface area contributed by atoms with Crippen molar-refractivity contribution in [1.29, 1.82) is 0 Å². The van der Waals surface area contributed by atoms with Crippen molar-refractivity contribution in [2.45, 2.75) is 6.92 Å². The van der Waals surface area contributed by atoms with Crippen molar-refractivity contribution in [2.75, 3.05) is 5.73 Å². The Balaban J connectivity index is 3.23. The predicted octanol–water partition coefficient (Wildman–Crippen LogP) is 1.69. The molecule has 1 rings (SSSR count). The van der Waals surface area contributed by atoms with E-state index in [1.165, 1.54) is 6.92 Å². The van der Waals surface area contributed by atoms with Crippen LogP contribution in [0, 0.1) is 0 Å². The first-order chi connectivity index (χ1) is 4.63. The molecule has 0 aliphatic carbocycles. The third-order valence-corrected chi connectivity index (χ3v) is 2.51. The van der Waals surface area contributed by atoms with Gasteiger partial charge in [0.25, 0.3) is 0 Å². The molecule has 54 valence electrons. The Bertz CT molecular complexity index is 251. The van der Waals surface area contributed by atoms with Crippen LogP contribution in [0.5, 0.6) is 0 Å². The number of hydrogen-bond acceptors (Lipinski definition) is 4. The van der Waals surface area contributed by atoms with Gasteiger partial charge in [-0.05, 0) is 34.4 Å². The van der Waals surface area contributed by atoms with Crippen LogP contribution in [0.2, 0.25) is 0 Å². The fourth-order valence-corrected chi connectivity index (χ4v) is 2.04. The maximum Gasteiger partial charge on any atom is 0.165 e. The van der Waals surface area contributed by atoms with E-state index < -0.39 is 0 Å². The third kappa shape index (κ3) is 1.19. The minimum Gasteiger partial charge on any atom is -0.389 e. The molecule has 0 radical (unpaired) electrons. The number of carbonyl (C=O) groups excluding carboxylic acids is 1. The Morgan fingerprint density at radius 1 is 1.80 bits per heavy atom. The molecule has 0 aromatic carbocycles. The Hall–Kier alpha value is -0.420. The first-order valence-electron chi connectivity index (χ1n) is 2.54. The van der Waals surface area contributed by atoms with Crippen LogP contribution >= 0.6 is 27.5 Å². The Labute approximate surface area is 70.5 Å². The molecule has 10 heavy (non-hydrogen) atoms. The Morgan fingerprint density at radius 3 is 2.60 bits per heavy atom. The van der Waals surface area contributed by atoms with Crippen molar-refractivity contribution in [3.63, 3.8) is 0 Å². The minimum atomic E-state index is -0.0573. The lowest BCUT2D eigenvalue weighted by molar-refractivity contribution is 0.101. The van der Waals surface area contributed by atoms with Crippen LogP contribution < -0.4 is 5.73 Å². The molecule has 0 saturated heterocycles. The number of anilines is 1. The molecule has 5 heteroatoms. The van der Waals surface area contributed by atoms with Gasteiger partial charge in [-0.3, -0.25) is 4.79 Å². The highest BCUT2D eigenvalue weighted by Crippen LogP contribution is 2.25. The van der Waals surface area contributed by atoms with E-state index in [9.17, 15) is 4.79 Å². The van der Waals surface area contributed by atoms with Crippen molar-refractivity contribution in [2.24, 2.45) is 0 Å². The van der Waals surface area contributed by atoms with Gasteiger partial charge in [-0.2, -0.15) is 4.37 Å². The highest BCUT2D eigenvalue weighted by molar-refractivity contribution is 9.10. The standard InChI is InChI=1S/C5H5BrN2OS/c1-2(9)3-4(6)8-10-5(3)7/h7H2,1H3. The SMILES string of the molecule is CC(=O)c1c(Br)nsc1N. The fraction of sp³-hybridized carbons (Fsp3) is 0.200. The van der Waals surface area contributed by atoms with Crippen LogP contribution in [0.15, 0.2) is 4.60 Å². The average molecular weight is 221 g/mol. The number of ketones is 1. The first-order valence-corrected chi connectivity index (χ1v) is 4.11. The zero-order chi connectivity index (χ0) is 7.72. The molecular formula is C5H5BrN2OS. The molecule has 1 aromatic heterocycles. The highest BCUT2D eigenvalue weighted by Gasteiger charge is 2.12. The van der Waals surface area contributed by atoms with Gasteiger partial charge in [0.05, 0.1) is 5.56 Å². The molecule has 1 aromatic rings. The second-order valence-corrected chi connectivity index (χ2v) is 3.32. The van der Waals surface area contributed by atoms with E-state index in [-0.39, 0.29) is 5.78 Å². The van der Waals surface area contributed by atoms with Crippen LogP contribution in [-0.4, -0.2) is 10.2 Å². The summed E-state index contributed by atoms with van der Waals surface area (Å²) in [5.74, 6) is -0.0573. The second-order valence-electron chi connectivity index (χ2n) is 1.77. The number of hydrogen-bond donors (Lipinski definition) is 1. The van der Waals surface area contributed by atoms with E-state index in [2.05, 4.69) is 20.3 Å². The monoisotopic (exact) mass is 220 g/mol. The van der Waals surface area contributed by atoms with Crippen LogP contribution in [0.1, 0.15) is 17.3 Å². The maximum absolute atomic E-state index is 10.8. The van der Waals surface area contributed by atoms with Gasteiger partial charge >= 0.3 is 0 Å². The van der Waals surface area contributed by atoms with E-state index in [0.29, 0.717) is 15.2 Å². The molecule has 0 fully saturated rings. The number of Topliss-reactive ketones (excluding diaryl/α,β-unsaturated/α-hetero) is 1. The lowest BCUT2D eigenvalue weighted by Gasteiger charge is -1.89. The summed E-state index contributed by atoms with van der Waals surface area (Å²) >= 11 is 4.24. The third-order valence-electron chi connectivity index (χ3n) is 1.03. The number of nitrogen functional groups attached to an aromatic ring is 1. The summed E-state index contributed by atoms with van der Waals surface area (Å²) in [6, 6.07) is 0. The Morgan fingerprint density at radius 2 is 2.40 bits per heavy atom. The molecule has 0 aliphatic rings. The maximum atomic E-state index is 10.8.